The van der Waals surface area contributed by atoms with E-state index in [0.717, 1.165) is 12.0 Å². The zero-order valence-corrected chi connectivity index (χ0v) is 9.08. The summed E-state index contributed by atoms with van der Waals surface area (Å²) in [6, 6.07) is 7.27. The van der Waals surface area contributed by atoms with Gasteiger partial charge in [0.1, 0.15) is 12.3 Å². The van der Waals surface area contributed by atoms with Gasteiger partial charge in [0.2, 0.25) is 0 Å². The van der Waals surface area contributed by atoms with Gasteiger partial charge in [0.25, 0.3) is 0 Å². The van der Waals surface area contributed by atoms with Crippen molar-refractivity contribution in [3.05, 3.63) is 34.9 Å². The maximum absolute atomic E-state index is 5.73. The molecule has 1 unspecified atom stereocenters. The van der Waals surface area contributed by atoms with Gasteiger partial charge in [0.05, 0.1) is 0 Å². The summed E-state index contributed by atoms with van der Waals surface area (Å²) in [6.07, 6.45) is 3.85. The largest absolute Gasteiger partial charge is 0.392 e. The van der Waals surface area contributed by atoms with E-state index in [0.29, 0.717) is 5.02 Å². The van der Waals surface area contributed by atoms with Crippen molar-refractivity contribution in [2.24, 2.45) is 5.16 Å². The van der Waals surface area contributed by atoms with Crippen molar-refractivity contribution in [1.29, 1.82) is 0 Å². The number of benzene rings is 1. The minimum atomic E-state index is 0.134. The highest BCUT2D eigenvalue weighted by molar-refractivity contribution is 6.30. The van der Waals surface area contributed by atoms with Crippen molar-refractivity contribution in [2.75, 3.05) is 0 Å². The highest BCUT2D eigenvalue weighted by atomic mass is 35.5. The molecule has 14 heavy (non-hydrogen) atoms. The lowest BCUT2D eigenvalue weighted by molar-refractivity contribution is 0.0712. The molecule has 0 saturated heterocycles. The summed E-state index contributed by atoms with van der Waals surface area (Å²) >= 11 is 5.73. The van der Waals surface area contributed by atoms with Gasteiger partial charge < -0.3 is 4.84 Å². The minimum absolute atomic E-state index is 0.134. The van der Waals surface area contributed by atoms with Crippen LogP contribution in [0, 0.1) is 0 Å². The molecule has 0 N–H and O–H groups in total. The van der Waals surface area contributed by atoms with E-state index in [4.69, 9.17) is 16.4 Å². The SMILES string of the molecule is CCC(C)O/N=[C]/c1ccc(Cl)cc1. The van der Waals surface area contributed by atoms with Gasteiger partial charge in [-0.3, -0.25) is 0 Å². The maximum atomic E-state index is 5.73. The summed E-state index contributed by atoms with van der Waals surface area (Å²) in [7, 11) is 0. The first-order valence-electron chi connectivity index (χ1n) is 4.59. The molecule has 0 aliphatic rings. The molecule has 0 saturated carbocycles. The predicted molar refractivity (Wildman–Crippen MR) is 58.8 cm³/mol. The zero-order valence-electron chi connectivity index (χ0n) is 8.33. The molecule has 1 radical (unpaired) electrons. The zero-order chi connectivity index (χ0) is 10.4. The molecule has 0 aliphatic heterocycles. The fourth-order valence-corrected chi connectivity index (χ4v) is 0.894. The van der Waals surface area contributed by atoms with Crippen molar-refractivity contribution in [3.63, 3.8) is 0 Å². The summed E-state index contributed by atoms with van der Waals surface area (Å²) in [6.45, 7) is 4.01. The van der Waals surface area contributed by atoms with Crippen LogP contribution in [0.1, 0.15) is 25.8 Å². The highest BCUT2D eigenvalue weighted by Gasteiger charge is 1.95. The van der Waals surface area contributed by atoms with E-state index in [2.05, 4.69) is 11.4 Å². The van der Waals surface area contributed by atoms with Crippen LogP contribution in [0.3, 0.4) is 0 Å². The second-order valence-corrected chi connectivity index (χ2v) is 3.47. The van der Waals surface area contributed by atoms with Crippen molar-refractivity contribution in [1.82, 2.24) is 0 Å². The fourth-order valence-electron chi connectivity index (χ4n) is 0.768. The number of hydrogen-bond donors (Lipinski definition) is 0. The molecule has 2 nitrogen and oxygen atoms in total. The van der Waals surface area contributed by atoms with Crippen molar-refractivity contribution < 1.29 is 4.84 Å². The highest BCUT2D eigenvalue weighted by Crippen LogP contribution is 2.08. The van der Waals surface area contributed by atoms with Gasteiger partial charge >= 0.3 is 0 Å². The molecule has 0 heterocycles. The molecular weight excluding hydrogens is 198 g/mol. The summed E-state index contributed by atoms with van der Waals surface area (Å²) in [5.74, 6) is 0. The Morgan fingerprint density at radius 1 is 1.43 bits per heavy atom. The Balaban J connectivity index is 2.48. The second kappa shape index (κ2) is 5.66. The van der Waals surface area contributed by atoms with E-state index >= 15 is 0 Å². The lowest BCUT2D eigenvalue weighted by atomic mass is 10.2. The standard InChI is InChI=1S/C11H13ClNO/c1-3-9(2)14-13-8-10-4-6-11(12)7-5-10/h4-7,9H,3H2,1-2H3. The Morgan fingerprint density at radius 3 is 2.64 bits per heavy atom. The molecule has 0 fully saturated rings. The van der Waals surface area contributed by atoms with Crippen LogP contribution in [-0.4, -0.2) is 12.3 Å². The van der Waals surface area contributed by atoms with Gasteiger partial charge in [-0.1, -0.05) is 35.8 Å². The van der Waals surface area contributed by atoms with Crippen molar-refractivity contribution >= 4 is 17.8 Å². The molecule has 1 rings (SSSR count). The van der Waals surface area contributed by atoms with E-state index < -0.39 is 0 Å². The molecule has 0 bridgehead atoms. The van der Waals surface area contributed by atoms with Crippen LogP contribution >= 0.6 is 11.6 Å². The van der Waals surface area contributed by atoms with Gasteiger partial charge in [-0.05, 0) is 25.5 Å². The Labute approximate surface area is 89.5 Å². The molecule has 0 aromatic heterocycles. The fraction of sp³-hybridized carbons (Fsp3) is 0.364. The second-order valence-electron chi connectivity index (χ2n) is 3.03. The third-order valence-electron chi connectivity index (χ3n) is 1.83. The Morgan fingerprint density at radius 2 is 2.07 bits per heavy atom. The van der Waals surface area contributed by atoms with E-state index in [9.17, 15) is 0 Å². The smallest absolute Gasteiger partial charge is 0.139 e. The third kappa shape index (κ3) is 3.79. The van der Waals surface area contributed by atoms with Gasteiger partial charge in [0.15, 0.2) is 0 Å². The molecular formula is C11H13ClNO. The molecule has 1 aromatic carbocycles. The van der Waals surface area contributed by atoms with Crippen LogP contribution in [-0.2, 0) is 4.84 Å². The Hall–Kier alpha value is -1.02. The number of nitrogens with zero attached hydrogens (tertiary/aromatic N) is 1. The summed E-state index contributed by atoms with van der Waals surface area (Å²) in [5, 5.41) is 4.46. The first-order valence-corrected chi connectivity index (χ1v) is 4.97. The van der Waals surface area contributed by atoms with Gasteiger partial charge in [-0.2, -0.15) is 0 Å². The molecule has 0 amide bonds. The van der Waals surface area contributed by atoms with E-state index in [-0.39, 0.29) is 6.10 Å². The van der Waals surface area contributed by atoms with E-state index in [1.165, 1.54) is 0 Å². The van der Waals surface area contributed by atoms with Gasteiger partial charge in [-0.15, -0.1) is 0 Å². The first-order chi connectivity index (χ1) is 6.72. The predicted octanol–water partition coefficient (Wildman–Crippen LogP) is 3.37. The normalized spacial score (nSPS) is 13.1. The molecule has 75 valence electrons. The van der Waals surface area contributed by atoms with E-state index in [1.807, 2.05) is 26.0 Å². The molecule has 3 heteroatoms. The van der Waals surface area contributed by atoms with Gasteiger partial charge in [0, 0.05) is 10.6 Å². The van der Waals surface area contributed by atoms with Crippen LogP contribution < -0.4 is 0 Å². The van der Waals surface area contributed by atoms with Crippen molar-refractivity contribution in [2.45, 2.75) is 26.4 Å². The average Bonchev–Trinajstić information content (AvgIpc) is 2.21. The quantitative estimate of drug-likeness (QED) is 0.552. The maximum Gasteiger partial charge on any atom is 0.139 e. The van der Waals surface area contributed by atoms with Crippen molar-refractivity contribution in [3.8, 4) is 0 Å². The molecule has 1 atom stereocenters. The molecule has 1 aromatic rings. The van der Waals surface area contributed by atoms with Crippen LogP contribution in [0.15, 0.2) is 29.4 Å². The average molecular weight is 211 g/mol. The summed E-state index contributed by atoms with van der Waals surface area (Å²) in [5.41, 5.74) is 0.859. The monoisotopic (exact) mass is 210 g/mol. The third-order valence-corrected chi connectivity index (χ3v) is 2.08. The number of hydrogen-bond acceptors (Lipinski definition) is 2. The summed E-state index contributed by atoms with van der Waals surface area (Å²) < 4.78 is 0. The number of halogens is 1. The van der Waals surface area contributed by atoms with E-state index in [1.54, 1.807) is 12.1 Å². The Bertz CT molecular complexity index is 295. The lowest BCUT2D eigenvalue weighted by Crippen LogP contribution is -2.01. The minimum Gasteiger partial charge on any atom is -0.392 e. The molecule has 0 spiro atoms. The van der Waals surface area contributed by atoms with Crippen LogP contribution in [0.2, 0.25) is 5.02 Å². The topological polar surface area (TPSA) is 21.6 Å². The first kappa shape index (κ1) is 11.1. The van der Waals surface area contributed by atoms with Crippen LogP contribution in [0.4, 0.5) is 0 Å². The number of rotatable bonds is 4. The summed E-state index contributed by atoms with van der Waals surface area (Å²) in [4.78, 5) is 5.11. The molecule has 0 aliphatic carbocycles. The lowest BCUT2D eigenvalue weighted by Gasteiger charge is -2.03. The Kier molecular flexibility index (Phi) is 4.47. The van der Waals surface area contributed by atoms with Crippen LogP contribution in [0.5, 0.6) is 0 Å². The van der Waals surface area contributed by atoms with Gasteiger partial charge in [-0.25, -0.2) is 0 Å². The van der Waals surface area contributed by atoms with Crippen LogP contribution in [0.25, 0.3) is 0 Å².